The standard InChI is InChI=1S/C13H27NO3/c1-5-16-8-7-13(10-14,9-11(3)4)12(15)17-6-2/h11H,5-10,14H2,1-4H3. The molecule has 0 aliphatic carbocycles. The summed E-state index contributed by atoms with van der Waals surface area (Å²) in [6.07, 6.45) is 1.38. The van der Waals surface area contributed by atoms with Gasteiger partial charge in [0.2, 0.25) is 0 Å². The lowest BCUT2D eigenvalue weighted by atomic mass is 9.77. The van der Waals surface area contributed by atoms with Gasteiger partial charge in [0.1, 0.15) is 0 Å². The first kappa shape index (κ1) is 16.4. The maximum Gasteiger partial charge on any atom is 0.313 e. The van der Waals surface area contributed by atoms with Gasteiger partial charge < -0.3 is 15.2 Å². The molecule has 0 aromatic carbocycles. The van der Waals surface area contributed by atoms with E-state index >= 15 is 0 Å². The van der Waals surface area contributed by atoms with Crippen LogP contribution in [0.2, 0.25) is 0 Å². The number of nitrogens with two attached hydrogens (primary N) is 1. The van der Waals surface area contributed by atoms with Crippen LogP contribution in [0.5, 0.6) is 0 Å². The van der Waals surface area contributed by atoms with Crippen molar-refractivity contribution in [3.8, 4) is 0 Å². The largest absolute Gasteiger partial charge is 0.466 e. The van der Waals surface area contributed by atoms with Gasteiger partial charge in [0, 0.05) is 19.8 Å². The monoisotopic (exact) mass is 245 g/mol. The molecular formula is C13H27NO3. The van der Waals surface area contributed by atoms with Crippen molar-refractivity contribution in [1.29, 1.82) is 0 Å². The van der Waals surface area contributed by atoms with Crippen LogP contribution in [0.15, 0.2) is 0 Å². The normalized spacial score (nSPS) is 14.7. The fraction of sp³-hybridized carbons (Fsp3) is 0.923. The quantitative estimate of drug-likeness (QED) is 0.498. The van der Waals surface area contributed by atoms with Crippen molar-refractivity contribution in [2.75, 3.05) is 26.4 Å². The number of hydrogen-bond donors (Lipinski definition) is 1. The van der Waals surface area contributed by atoms with E-state index in [-0.39, 0.29) is 5.97 Å². The molecule has 0 fully saturated rings. The number of esters is 1. The van der Waals surface area contributed by atoms with Crippen molar-refractivity contribution >= 4 is 5.97 Å². The Hall–Kier alpha value is -0.610. The van der Waals surface area contributed by atoms with E-state index in [2.05, 4.69) is 13.8 Å². The fourth-order valence-electron chi connectivity index (χ4n) is 2.03. The minimum absolute atomic E-state index is 0.184. The van der Waals surface area contributed by atoms with Crippen molar-refractivity contribution in [2.45, 2.75) is 40.5 Å². The molecule has 4 nitrogen and oxygen atoms in total. The van der Waals surface area contributed by atoms with Crippen molar-refractivity contribution in [1.82, 2.24) is 0 Å². The highest BCUT2D eigenvalue weighted by atomic mass is 16.5. The number of ether oxygens (including phenoxy) is 2. The molecule has 0 saturated heterocycles. The first-order valence-corrected chi connectivity index (χ1v) is 6.47. The predicted molar refractivity (Wildman–Crippen MR) is 68.7 cm³/mol. The number of carbonyl (C=O) groups excluding carboxylic acids is 1. The molecule has 0 aromatic rings. The molecule has 0 saturated carbocycles. The summed E-state index contributed by atoms with van der Waals surface area (Å²) in [7, 11) is 0. The maximum absolute atomic E-state index is 12.1. The Balaban J connectivity index is 4.67. The Bertz CT molecular complexity index is 219. The van der Waals surface area contributed by atoms with E-state index in [1.807, 2.05) is 13.8 Å². The molecule has 0 amide bonds. The van der Waals surface area contributed by atoms with Crippen molar-refractivity contribution in [3.05, 3.63) is 0 Å². The molecule has 102 valence electrons. The minimum Gasteiger partial charge on any atom is -0.466 e. The van der Waals surface area contributed by atoms with Gasteiger partial charge in [-0.2, -0.15) is 0 Å². The van der Waals surface area contributed by atoms with Gasteiger partial charge in [-0.1, -0.05) is 13.8 Å². The molecule has 0 aliphatic heterocycles. The molecule has 0 aliphatic rings. The van der Waals surface area contributed by atoms with Gasteiger partial charge in [0.15, 0.2) is 0 Å². The first-order chi connectivity index (χ1) is 8.02. The Labute approximate surface area is 105 Å². The second kappa shape index (κ2) is 8.48. The second-order valence-electron chi connectivity index (χ2n) is 4.75. The number of rotatable bonds is 9. The van der Waals surface area contributed by atoms with Crippen LogP contribution in [-0.4, -0.2) is 32.3 Å². The van der Waals surface area contributed by atoms with Crippen molar-refractivity contribution in [3.63, 3.8) is 0 Å². The maximum atomic E-state index is 12.1. The predicted octanol–water partition coefficient (Wildman–Crippen LogP) is 1.97. The summed E-state index contributed by atoms with van der Waals surface area (Å²) in [6.45, 7) is 9.86. The summed E-state index contributed by atoms with van der Waals surface area (Å²) in [5, 5.41) is 0. The van der Waals surface area contributed by atoms with Crippen molar-refractivity contribution < 1.29 is 14.3 Å². The summed E-state index contributed by atoms with van der Waals surface area (Å²) < 4.78 is 10.5. The van der Waals surface area contributed by atoms with Crippen LogP contribution in [0.3, 0.4) is 0 Å². The molecule has 0 bridgehead atoms. The van der Waals surface area contributed by atoms with E-state index in [9.17, 15) is 4.79 Å². The van der Waals surface area contributed by atoms with Gasteiger partial charge in [-0.25, -0.2) is 0 Å². The Kier molecular flexibility index (Phi) is 8.17. The van der Waals surface area contributed by atoms with Crippen LogP contribution in [0, 0.1) is 11.3 Å². The molecule has 2 N–H and O–H groups in total. The Morgan fingerprint density at radius 2 is 1.94 bits per heavy atom. The van der Waals surface area contributed by atoms with E-state index < -0.39 is 5.41 Å². The topological polar surface area (TPSA) is 61.5 Å². The molecule has 0 rings (SSSR count). The number of hydrogen-bond acceptors (Lipinski definition) is 4. The highest BCUT2D eigenvalue weighted by Gasteiger charge is 2.38. The lowest BCUT2D eigenvalue weighted by Gasteiger charge is -2.31. The zero-order valence-corrected chi connectivity index (χ0v) is 11.6. The molecular weight excluding hydrogens is 218 g/mol. The highest BCUT2D eigenvalue weighted by molar-refractivity contribution is 5.77. The van der Waals surface area contributed by atoms with Gasteiger partial charge >= 0.3 is 5.97 Å². The second-order valence-corrected chi connectivity index (χ2v) is 4.75. The fourth-order valence-corrected chi connectivity index (χ4v) is 2.03. The summed E-state index contributed by atoms with van der Waals surface area (Å²) >= 11 is 0. The minimum atomic E-state index is -0.584. The van der Waals surface area contributed by atoms with Crippen LogP contribution in [0.1, 0.15) is 40.5 Å². The summed E-state index contributed by atoms with van der Waals surface area (Å²) in [5.74, 6) is 0.223. The van der Waals surface area contributed by atoms with Crippen LogP contribution in [0.25, 0.3) is 0 Å². The molecule has 0 spiro atoms. The van der Waals surface area contributed by atoms with E-state index in [4.69, 9.17) is 15.2 Å². The molecule has 4 heteroatoms. The van der Waals surface area contributed by atoms with Crippen molar-refractivity contribution in [2.24, 2.45) is 17.1 Å². The van der Waals surface area contributed by atoms with Crippen LogP contribution >= 0.6 is 0 Å². The van der Waals surface area contributed by atoms with E-state index in [1.165, 1.54) is 0 Å². The average Bonchev–Trinajstić information content (AvgIpc) is 2.27. The summed E-state index contributed by atoms with van der Waals surface area (Å²) in [6, 6.07) is 0. The molecule has 17 heavy (non-hydrogen) atoms. The molecule has 0 radical (unpaired) electrons. The zero-order chi connectivity index (χ0) is 13.3. The van der Waals surface area contributed by atoms with E-state index in [1.54, 1.807) is 0 Å². The summed E-state index contributed by atoms with van der Waals surface area (Å²) in [4.78, 5) is 12.1. The third-order valence-electron chi connectivity index (χ3n) is 2.83. The van der Waals surface area contributed by atoms with Crippen LogP contribution in [0.4, 0.5) is 0 Å². The Morgan fingerprint density at radius 3 is 2.35 bits per heavy atom. The van der Waals surface area contributed by atoms with Crippen LogP contribution < -0.4 is 5.73 Å². The smallest absolute Gasteiger partial charge is 0.313 e. The van der Waals surface area contributed by atoms with Gasteiger partial charge in [0.25, 0.3) is 0 Å². The van der Waals surface area contributed by atoms with E-state index in [0.29, 0.717) is 38.7 Å². The molecule has 0 aromatic heterocycles. The molecule has 1 atom stereocenters. The third kappa shape index (κ3) is 5.50. The lowest BCUT2D eigenvalue weighted by molar-refractivity contribution is -0.157. The van der Waals surface area contributed by atoms with Crippen LogP contribution in [-0.2, 0) is 14.3 Å². The SMILES string of the molecule is CCOCCC(CN)(CC(C)C)C(=O)OCC. The van der Waals surface area contributed by atoms with Gasteiger partial charge in [-0.05, 0) is 32.6 Å². The zero-order valence-electron chi connectivity index (χ0n) is 11.6. The van der Waals surface area contributed by atoms with Gasteiger partial charge in [-0.15, -0.1) is 0 Å². The molecule has 0 heterocycles. The van der Waals surface area contributed by atoms with Gasteiger partial charge in [-0.3, -0.25) is 4.79 Å². The summed E-state index contributed by atoms with van der Waals surface area (Å²) in [5.41, 5.74) is 5.23. The average molecular weight is 245 g/mol. The molecule has 1 unspecified atom stereocenters. The van der Waals surface area contributed by atoms with Gasteiger partial charge in [0.05, 0.1) is 12.0 Å². The lowest BCUT2D eigenvalue weighted by Crippen LogP contribution is -2.42. The Morgan fingerprint density at radius 1 is 1.29 bits per heavy atom. The highest BCUT2D eigenvalue weighted by Crippen LogP contribution is 2.31. The first-order valence-electron chi connectivity index (χ1n) is 6.47. The number of carbonyl (C=O) groups is 1. The third-order valence-corrected chi connectivity index (χ3v) is 2.83. The van der Waals surface area contributed by atoms with E-state index in [0.717, 1.165) is 6.42 Å².